The van der Waals surface area contributed by atoms with Crippen molar-refractivity contribution in [3.63, 3.8) is 0 Å². The number of aromatic hydroxyl groups is 1. The molecule has 0 saturated heterocycles. The van der Waals surface area contributed by atoms with E-state index in [0.717, 1.165) is 10.2 Å². The zero-order chi connectivity index (χ0) is 18.4. The number of amides is 1. The number of nitrogens with one attached hydrogen (secondary N) is 2. The highest BCUT2D eigenvalue weighted by Gasteiger charge is 2.07. The van der Waals surface area contributed by atoms with Gasteiger partial charge in [0.15, 0.2) is 16.6 Å². The number of ether oxygens (including phenoxy) is 1. The summed E-state index contributed by atoms with van der Waals surface area (Å²) in [5.74, 6) is 0.0428. The molecular weight excluding hydrogens is 352 g/mol. The molecule has 0 aliphatic carbocycles. The van der Waals surface area contributed by atoms with Crippen molar-refractivity contribution in [1.29, 1.82) is 0 Å². The molecule has 0 spiro atoms. The molecule has 3 N–H and O–H groups in total. The van der Waals surface area contributed by atoms with Crippen LogP contribution in [-0.2, 0) is 4.79 Å². The van der Waals surface area contributed by atoms with Crippen LogP contribution in [0.1, 0.15) is 12.5 Å². The van der Waals surface area contributed by atoms with Crippen LogP contribution in [0, 0.1) is 0 Å². The first kappa shape index (κ1) is 17.7. The lowest BCUT2D eigenvalue weighted by Crippen LogP contribution is -2.25. The van der Waals surface area contributed by atoms with Crippen molar-refractivity contribution in [1.82, 2.24) is 10.4 Å². The Morgan fingerprint density at radius 2 is 2.15 bits per heavy atom. The second-order valence-corrected chi connectivity index (χ2v) is 6.29. The zero-order valence-corrected chi connectivity index (χ0v) is 14.9. The van der Waals surface area contributed by atoms with E-state index < -0.39 is 0 Å². The van der Waals surface area contributed by atoms with Gasteiger partial charge in [-0.3, -0.25) is 4.79 Å². The second-order valence-electron chi connectivity index (χ2n) is 5.26. The third kappa shape index (κ3) is 4.28. The van der Waals surface area contributed by atoms with Gasteiger partial charge < -0.3 is 15.2 Å². The summed E-state index contributed by atoms with van der Waals surface area (Å²) in [4.78, 5) is 16.3. The number of fused-ring (bicyclic) bond motifs is 1. The fourth-order valence-corrected chi connectivity index (χ4v) is 3.09. The van der Waals surface area contributed by atoms with Gasteiger partial charge in [-0.1, -0.05) is 29.5 Å². The molecule has 0 unspecified atom stereocenters. The number of benzene rings is 2. The van der Waals surface area contributed by atoms with E-state index in [0.29, 0.717) is 23.1 Å². The van der Waals surface area contributed by atoms with Gasteiger partial charge >= 0.3 is 0 Å². The first-order chi connectivity index (χ1) is 12.7. The third-order valence-corrected chi connectivity index (χ3v) is 4.41. The first-order valence-electron chi connectivity index (χ1n) is 8.03. The molecule has 0 aliphatic heterocycles. The van der Waals surface area contributed by atoms with Crippen molar-refractivity contribution in [2.24, 2.45) is 5.10 Å². The minimum atomic E-state index is -0.319. The number of hydrogen-bond acceptors (Lipinski definition) is 7. The lowest BCUT2D eigenvalue weighted by Gasteiger charge is -2.07. The lowest BCUT2D eigenvalue weighted by atomic mass is 10.2. The predicted octanol–water partition coefficient (Wildman–Crippen LogP) is 2.96. The fourth-order valence-electron chi connectivity index (χ4n) is 2.23. The molecule has 8 heteroatoms. The van der Waals surface area contributed by atoms with E-state index in [1.54, 1.807) is 18.2 Å². The molecule has 0 radical (unpaired) electrons. The van der Waals surface area contributed by atoms with Crippen LogP contribution in [0.2, 0.25) is 0 Å². The quantitative estimate of drug-likeness (QED) is 0.439. The Labute approximate surface area is 154 Å². The van der Waals surface area contributed by atoms with Gasteiger partial charge in [0.1, 0.15) is 0 Å². The lowest BCUT2D eigenvalue weighted by molar-refractivity contribution is -0.119. The summed E-state index contributed by atoms with van der Waals surface area (Å²) in [5, 5.41) is 17.6. The van der Waals surface area contributed by atoms with Crippen molar-refractivity contribution in [3.05, 3.63) is 48.0 Å². The number of nitrogens with zero attached hydrogens (tertiary/aromatic N) is 2. The topological polar surface area (TPSA) is 95.8 Å². The summed E-state index contributed by atoms with van der Waals surface area (Å²) in [6, 6.07) is 12.8. The zero-order valence-electron chi connectivity index (χ0n) is 14.1. The normalized spacial score (nSPS) is 11.0. The van der Waals surface area contributed by atoms with Gasteiger partial charge in [0.2, 0.25) is 0 Å². The Morgan fingerprint density at radius 1 is 1.31 bits per heavy atom. The molecule has 3 aromatic rings. The van der Waals surface area contributed by atoms with E-state index in [9.17, 15) is 9.90 Å². The molecule has 0 fully saturated rings. The SMILES string of the molecule is CCOc1cccc(/C=N/NC(=O)CNc2nc3ccccc3s2)c1O. The largest absolute Gasteiger partial charge is 0.504 e. The van der Waals surface area contributed by atoms with Crippen LogP contribution < -0.4 is 15.5 Å². The molecule has 1 aromatic heterocycles. The van der Waals surface area contributed by atoms with E-state index in [1.807, 2.05) is 31.2 Å². The van der Waals surface area contributed by atoms with Crippen molar-refractivity contribution < 1.29 is 14.6 Å². The Balaban J connectivity index is 1.54. The van der Waals surface area contributed by atoms with Gasteiger partial charge in [-0.15, -0.1) is 0 Å². The van der Waals surface area contributed by atoms with Crippen LogP contribution in [0.3, 0.4) is 0 Å². The highest BCUT2D eigenvalue weighted by atomic mass is 32.1. The molecule has 3 rings (SSSR count). The highest BCUT2D eigenvalue weighted by molar-refractivity contribution is 7.22. The van der Waals surface area contributed by atoms with Gasteiger partial charge in [-0.25, -0.2) is 10.4 Å². The summed E-state index contributed by atoms with van der Waals surface area (Å²) < 4.78 is 6.36. The Hall–Kier alpha value is -3.13. The summed E-state index contributed by atoms with van der Waals surface area (Å²) in [5.41, 5.74) is 3.75. The summed E-state index contributed by atoms with van der Waals surface area (Å²) in [6.07, 6.45) is 1.37. The van der Waals surface area contributed by atoms with Crippen LogP contribution in [0.4, 0.5) is 5.13 Å². The van der Waals surface area contributed by atoms with Crippen LogP contribution in [0.5, 0.6) is 11.5 Å². The maximum atomic E-state index is 11.9. The van der Waals surface area contributed by atoms with E-state index in [4.69, 9.17) is 4.74 Å². The molecule has 2 aromatic carbocycles. The summed E-state index contributed by atoms with van der Waals surface area (Å²) >= 11 is 1.48. The molecule has 26 heavy (non-hydrogen) atoms. The molecule has 0 atom stereocenters. The first-order valence-corrected chi connectivity index (χ1v) is 8.85. The molecule has 0 bridgehead atoms. The number of para-hydroxylation sites is 2. The van der Waals surface area contributed by atoms with Crippen molar-refractivity contribution in [2.75, 3.05) is 18.5 Å². The molecule has 134 valence electrons. The van der Waals surface area contributed by atoms with Crippen LogP contribution in [0.25, 0.3) is 10.2 Å². The van der Waals surface area contributed by atoms with E-state index >= 15 is 0 Å². The fraction of sp³-hybridized carbons (Fsp3) is 0.167. The minimum absolute atomic E-state index is 0.0139. The molecule has 7 nitrogen and oxygen atoms in total. The highest BCUT2D eigenvalue weighted by Crippen LogP contribution is 2.28. The molecule has 1 heterocycles. The van der Waals surface area contributed by atoms with E-state index in [-0.39, 0.29) is 18.2 Å². The number of rotatable bonds is 7. The maximum Gasteiger partial charge on any atom is 0.259 e. The van der Waals surface area contributed by atoms with Gasteiger partial charge in [0.25, 0.3) is 5.91 Å². The van der Waals surface area contributed by atoms with Gasteiger partial charge in [0.05, 0.1) is 29.6 Å². The smallest absolute Gasteiger partial charge is 0.259 e. The number of aromatic nitrogens is 1. The van der Waals surface area contributed by atoms with Crippen molar-refractivity contribution in [3.8, 4) is 11.5 Å². The predicted molar refractivity (Wildman–Crippen MR) is 103 cm³/mol. The van der Waals surface area contributed by atoms with E-state index in [2.05, 4.69) is 20.8 Å². The number of hydrazone groups is 1. The molecule has 0 aliphatic rings. The molecule has 0 saturated carbocycles. The summed E-state index contributed by atoms with van der Waals surface area (Å²) in [6.45, 7) is 2.32. The van der Waals surface area contributed by atoms with E-state index in [1.165, 1.54) is 17.6 Å². The van der Waals surface area contributed by atoms with Gasteiger partial charge in [-0.2, -0.15) is 5.10 Å². The second kappa shape index (κ2) is 8.30. The number of thiazole rings is 1. The number of phenolic OH excluding ortho intramolecular Hbond substituents is 1. The number of carbonyl (C=O) groups excluding carboxylic acids is 1. The average Bonchev–Trinajstić information content (AvgIpc) is 3.06. The average molecular weight is 370 g/mol. The van der Waals surface area contributed by atoms with Crippen LogP contribution in [0.15, 0.2) is 47.6 Å². The Kier molecular flexibility index (Phi) is 5.65. The maximum absolute atomic E-state index is 11.9. The minimum Gasteiger partial charge on any atom is -0.504 e. The van der Waals surface area contributed by atoms with Crippen molar-refractivity contribution in [2.45, 2.75) is 6.92 Å². The monoisotopic (exact) mass is 370 g/mol. The Morgan fingerprint density at radius 3 is 2.96 bits per heavy atom. The molecular formula is C18H18N4O3S. The number of carbonyl (C=O) groups is 1. The number of hydrogen-bond donors (Lipinski definition) is 3. The molecule has 1 amide bonds. The van der Waals surface area contributed by atoms with Gasteiger partial charge in [0, 0.05) is 5.56 Å². The number of phenols is 1. The van der Waals surface area contributed by atoms with Crippen LogP contribution in [-0.4, -0.2) is 35.4 Å². The van der Waals surface area contributed by atoms with Crippen LogP contribution >= 0.6 is 11.3 Å². The number of anilines is 1. The third-order valence-electron chi connectivity index (χ3n) is 3.42. The Bertz CT molecular complexity index is 906. The van der Waals surface area contributed by atoms with Gasteiger partial charge in [-0.05, 0) is 31.2 Å². The van der Waals surface area contributed by atoms with Crippen molar-refractivity contribution >= 4 is 38.8 Å². The standard InChI is InChI=1S/C18H18N4O3S/c1-2-25-14-8-5-6-12(17(14)24)10-20-22-16(23)11-19-18-21-13-7-3-4-9-15(13)26-18/h3-10,24H,2,11H2,1H3,(H,19,21)(H,22,23)/b20-10+. The summed E-state index contributed by atoms with van der Waals surface area (Å²) in [7, 11) is 0.